The minimum Gasteiger partial charge on any atom is -0.385 e. The Hall–Kier alpha value is -0.930. The lowest BCUT2D eigenvalue weighted by molar-refractivity contribution is -0.128. The van der Waals surface area contributed by atoms with Crippen LogP contribution in [0.5, 0.6) is 0 Å². The molecule has 0 radical (unpaired) electrons. The van der Waals surface area contributed by atoms with Gasteiger partial charge < -0.3 is 10.2 Å². The van der Waals surface area contributed by atoms with Crippen molar-refractivity contribution in [2.45, 2.75) is 12.8 Å². The molecular formula is C12H16Cl2N2O. The number of rotatable bonds is 5. The van der Waals surface area contributed by atoms with Gasteiger partial charge in [0.05, 0.1) is 0 Å². The first-order valence-electron chi connectivity index (χ1n) is 5.39. The van der Waals surface area contributed by atoms with Crippen molar-refractivity contribution in [2.24, 2.45) is 0 Å². The average Bonchev–Trinajstić information content (AvgIpc) is 2.22. The van der Waals surface area contributed by atoms with Crippen molar-refractivity contribution in [2.75, 3.05) is 26.0 Å². The van der Waals surface area contributed by atoms with Crippen LogP contribution in [-0.2, 0) is 4.79 Å². The zero-order valence-electron chi connectivity index (χ0n) is 9.96. The summed E-state index contributed by atoms with van der Waals surface area (Å²) in [4.78, 5) is 12.9. The van der Waals surface area contributed by atoms with Gasteiger partial charge >= 0.3 is 0 Å². The highest BCUT2D eigenvalue weighted by atomic mass is 35.5. The van der Waals surface area contributed by atoms with E-state index in [9.17, 15) is 4.79 Å². The van der Waals surface area contributed by atoms with E-state index in [1.807, 2.05) is 0 Å². The molecule has 0 fully saturated rings. The van der Waals surface area contributed by atoms with Crippen molar-refractivity contribution in [3.05, 3.63) is 28.2 Å². The maximum atomic E-state index is 11.3. The molecule has 5 heteroatoms. The smallest absolute Gasteiger partial charge is 0.222 e. The summed E-state index contributed by atoms with van der Waals surface area (Å²) in [5.74, 6) is 0.135. The molecule has 0 aliphatic carbocycles. The van der Waals surface area contributed by atoms with Gasteiger partial charge in [-0.2, -0.15) is 0 Å². The SMILES string of the molecule is CN(C)C(=O)CCCNc1cc(Cl)cc(Cl)c1. The maximum absolute atomic E-state index is 11.3. The van der Waals surface area contributed by atoms with Crippen molar-refractivity contribution < 1.29 is 4.79 Å². The molecule has 94 valence electrons. The number of nitrogens with zero attached hydrogens (tertiary/aromatic N) is 1. The third-order valence-electron chi connectivity index (χ3n) is 2.26. The van der Waals surface area contributed by atoms with Gasteiger partial charge in [0.2, 0.25) is 5.91 Å². The molecule has 0 bridgehead atoms. The van der Waals surface area contributed by atoms with E-state index in [0.29, 0.717) is 16.5 Å². The van der Waals surface area contributed by atoms with Gasteiger partial charge in [-0.3, -0.25) is 4.79 Å². The number of hydrogen-bond acceptors (Lipinski definition) is 2. The molecule has 0 atom stereocenters. The zero-order valence-corrected chi connectivity index (χ0v) is 11.5. The van der Waals surface area contributed by atoms with Crippen molar-refractivity contribution in [3.63, 3.8) is 0 Å². The number of carbonyl (C=O) groups is 1. The molecular weight excluding hydrogens is 259 g/mol. The van der Waals surface area contributed by atoms with Gasteiger partial charge in [-0.05, 0) is 24.6 Å². The molecule has 1 amide bonds. The van der Waals surface area contributed by atoms with Gasteiger partial charge in [0.15, 0.2) is 0 Å². The lowest BCUT2D eigenvalue weighted by Gasteiger charge is -2.11. The van der Waals surface area contributed by atoms with Gasteiger partial charge in [-0.25, -0.2) is 0 Å². The first kappa shape index (κ1) is 14.1. The molecule has 0 aliphatic heterocycles. The molecule has 0 spiro atoms. The van der Waals surface area contributed by atoms with Crippen LogP contribution >= 0.6 is 23.2 Å². The molecule has 1 N–H and O–H groups in total. The second-order valence-electron chi connectivity index (χ2n) is 3.98. The minimum atomic E-state index is 0.135. The molecule has 1 rings (SSSR count). The predicted octanol–water partition coefficient (Wildman–Crippen LogP) is 3.27. The van der Waals surface area contributed by atoms with Crippen molar-refractivity contribution >= 4 is 34.8 Å². The molecule has 1 aromatic carbocycles. The van der Waals surface area contributed by atoms with E-state index in [2.05, 4.69) is 5.32 Å². The monoisotopic (exact) mass is 274 g/mol. The van der Waals surface area contributed by atoms with Crippen LogP contribution in [0.15, 0.2) is 18.2 Å². The second kappa shape index (κ2) is 6.72. The normalized spacial score (nSPS) is 10.1. The topological polar surface area (TPSA) is 32.3 Å². The van der Waals surface area contributed by atoms with Crippen LogP contribution in [-0.4, -0.2) is 31.4 Å². The Morgan fingerprint density at radius 2 is 1.82 bits per heavy atom. The molecule has 0 saturated carbocycles. The van der Waals surface area contributed by atoms with E-state index in [0.717, 1.165) is 18.7 Å². The van der Waals surface area contributed by atoms with Crippen LogP contribution in [0.1, 0.15) is 12.8 Å². The first-order valence-corrected chi connectivity index (χ1v) is 6.15. The summed E-state index contributed by atoms with van der Waals surface area (Å²) < 4.78 is 0. The van der Waals surface area contributed by atoms with E-state index in [-0.39, 0.29) is 5.91 Å². The lowest BCUT2D eigenvalue weighted by atomic mass is 10.2. The molecule has 3 nitrogen and oxygen atoms in total. The second-order valence-corrected chi connectivity index (χ2v) is 4.85. The number of hydrogen-bond donors (Lipinski definition) is 1. The molecule has 17 heavy (non-hydrogen) atoms. The van der Waals surface area contributed by atoms with Gasteiger partial charge in [-0.15, -0.1) is 0 Å². The Balaban J connectivity index is 2.33. The van der Waals surface area contributed by atoms with Crippen molar-refractivity contribution in [1.82, 2.24) is 4.90 Å². The maximum Gasteiger partial charge on any atom is 0.222 e. The third-order valence-corrected chi connectivity index (χ3v) is 2.69. The summed E-state index contributed by atoms with van der Waals surface area (Å²) >= 11 is 11.7. The largest absolute Gasteiger partial charge is 0.385 e. The number of nitrogens with one attached hydrogen (secondary N) is 1. The molecule has 0 unspecified atom stereocenters. The van der Waals surface area contributed by atoms with Crippen LogP contribution < -0.4 is 5.32 Å². The standard InChI is InChI=1S/C12H16Cl2N2O/c1-16(2)12(17)4-3-5-15-11-7-9(13)6-10(14)8-11/h6-8,15H,3-5H2,1-2H3. The molecule has 0 saturated heterocycles. The van der Waals surface area contributed by atoms with Crippen LogP contribution in [0.3, 0.4) is 0 Å². The quantitative estimate of drug-likeness (QED) is 0.836. The highest BCUT2D eigenvalue weighted by Crippen LogP contribution is 2.22. The summed E-state index contributed by atoms with van der Waals surface area (Å²) in [6.45, 7) is 0.719. The summed E-state index contributed by atoms with van der Waals surface area (Å²) in [6, 6.07) is 5.30. The highest BCUT2D eigenvalue weighted by Gasteiger charge is 2.03. The van der Waals surface area contributed by atoms with E-state index in [4.69, 9.17) is 23.2 Å². The fraction of sp³-hybridized carbons (Fsp3) is 0.417. The lowest BCUT2D eigenvalue weighted by Crippen LogP contribution is -2.22. The Morgan fingerprint density at radius 1 is 1.24 bits per heavy atom. The molecule has 1 aromatic rings. The van der Waals surface area contributed by atoms with E-state index in [1.165, 1.54) is 0 Å². The summed E-state index contributed by atoms with van der Waals surface area (Å²) in [7, 11) is 3.51. The summed E-state index contributed by atoms with van der Waals surface area (Å²) in [5.41, 5.74) is 0.875. The fourth-order valence-corrected chi connectivity index (χ4v) is 1.88. The Morgan fingerprint density at radius 3 is 2.35 bits per heavy atom. The summed E-state index contributed by atoms with van der Waals surface area (Å²) in [6.07, 6.45) is 1.31. The van der Waals surface area contributed by atoms with Gasteiger partial charge in [0.1, 0.15) is 0 Å². The van der Waals surface area contributed by atoms with Crippen LogP contribution in [0.25, 0.3) is 0 Å². The highest BCUT2D eigenvalue weighted by molar-refractivity contribution is 6.35. The van der Waals surface area contributed by atoms with E-state index in [1.54, 1.807) is 37.2 Å². The van der Waals surface area contributed by atoms with Crippen molar-refractivity contribution in [1.29, 1.82) is 0 Å². The number of carbonyl (C=O) groups excluding carboxylic acids is 1. The van der Waals surface area contributed by atoms with Gasteiger partial charge in [-0.1, -0.05) is 23.2 Å². The Bertz CT molecular complexity index is 374. The van der Waals surface area contributed by atoms with E-state index < -0.39 is 0 Å². The summed E-state index contributed by atoms with van der Waals surface area (Å²) in [5, 5.41) is 4.38. The minimum absolute atomic E-state index is 0.135. The van der Waals surface area contributed by atoms with E-state index >= 15 is 0 Å². The van der Waals surface area contributed by atoms with Crippen LogP contribution in [0.2, 0.25) is 10.0 Å². The Kier molecular flexibility index (Phi) is 5.59. The van der Waals surface area contributed by atoms with Crippen molar-refractivity contribution in [3.8, 4) is 0 Å². The average molecular weight is 275 g/mol. The fourth-order valence-electron chi connectivity index (χ4n) is 1.35. The van der Waals surface area contributed by atoms with Gasteiger partial charge in [0.25, 0.3) is 0 Å². The number of anilines is 1. The first-order chi connectivity index (χ1) is 7.99. The number of benzene rings is 1. The Labute approximate surface area is 112 Å². The number of halogens is 2. The molecule has 0 heterocycles. The zero-order chi connectivity index (χ0) is 12.8. The third kappa shape index (κ3) is 5.29. The van der Waals surface area contributed by atoms with Crippen LogP contribution in [0.4, 0.5) is 5.69 Å². The molecule has 0 aromatic heterocycles. The van der Waals surface area contributed by atoms with Crippen LogP contribution in [0, 0.1) is 0 Å². The predicted molar refractivity (Wildman–Crippen MR) is 72.9 cm³/mol. The number of amides is 1. The molecule has 0 aliphatic rings. The van der Waals surface area contributed by atoms with Gasteiger partial charge in [0, 0.05) is 42.8 Å².